The van der Waals surface area contributed by atoms with Crippen molar-refractivity contribution in [1.29, 1.82) is 0 Å². The topological polar surface area (TPSA) is 72.5 Å². The van der Waals surface area contributed by atoms with Gasteiger partial charge in [-0.05, 0) is 36.9 Å². The number of methoxy groups -OCH3 is 1. The molecule has 1 aromatic carbocycles. The third-order valence-corrected chi connectivity index (χ3v) is 3.10. The van der Waals surface area contributed by atoms with Crippen LogP contribution in [-0.4, -0.2) is 39.6 Å². The van der Waals surface area contributed by atoms with Crippen LogP contribution in [0.25, 0.3) is 0 Å². The number of thioether (sulfide) groups is 1. The molecule has 1 heterocycles. The molecule has 2 aromatic rings. The zero-order chi connectivity index (χ0) is 13.8. The molecule has 0 aliphatic carbocycles. The van der Waals surface area contributed by atoms with Gasteiger partial charge >= 0.3 is 0 Å². The first kappa shape index (κ1) is 13.4. The predicted octanol–water partition coefficient (Wildman–Crippen LogP) is 1.90. The van der Waals surface area contributed by atoms with Crippen molar-refractivity contribution in [3.8, 4) is 11.5 Å². The lowest BCUT2D eigenvalue weighted by Crippen LogP contribution is -1.96. The standard InChI is InChI=1S/C12H14N4O2S/c1-8-14-15-12(19-3)16(8)13-7-9-4-5-10(17)11(6-9)18-2/h4-7,17H,1-3H3/b13-7-. The first-order valence-electron chi connectivity index (χ1n) is 5.53. The second-order valence-corrected chi connectivity index (χ2v) is 4.49. The molecule has 19 heavy (non-hydrogen) atoms. The molecule has 2 rings (SSSR count). The number of aromatic hydroxyl groups is 1. The molecule has 0 saturated heterocycles. The first-order valence-corrected chi connectivity index (χ1v) is 6.75. The molecule has 7 heteroatoms. The maximum atomic E-state index is 9.52. The Bertz CT molecular complexity index is 610. The molecule has 100 valence electrons. The number of hydrogen-bond donors (Lipinski definition) is 1. The Morgan fingerprint density at radius 3 is 2.89 bits per heavy atom. The Morgan fingerprint density at radius 2 is 2.21 bits per heavy atom. The normalized spacial score (nSPS) is 11.1. The summed E-state index contributed by atoms with van der Waals surface area (Å²) < 4.78 is 6.70. The summed E-state index contributed by atoms with van der Waals surface area (Å²) in [6.07, 6.45) is 3.58. The van der Waals surface area contributed by atoms with Gasteiger partial charge in [-0.3, -0.25) is 0 Å². The summed E-state index contributed by atoms with van der Waals surface area (Å²) in [6.45, 7) is 1.83. The van der Waals surface area contributed by atoms with Crippen LogP contribution in [0.1, 0.15) is 11.4 Å². The van der Waals surface area contributed by atoms with Crippen molar-refractivity contribution in [2.75, 3.05) is 13.4 Å². The van der Waals surface area contributed by atoms with Crippen molar-refractivity contribution in [3.63, 3.8) is 0 Å². The Hall–Kier alpha value is -2.02. The van der Waals surface area contributed by atoms with E-state index in [-0.39, 0.29) is 5.75 Å². The largest absolute Gasteiger partial charge is 0.504 e. The fourth-order valence-corrected chi connectivity index (χ4v) is 1.97. The fourth-order valence-electron chi connectivity index (χ4n) is 1.50. The number of benzene rings is 1. The van der Waals surface area contributed by atoms with Crippen molar-refractivity contribution >= 4 is 18.0 Å². The second kappa shape index (κ2) is 5.75. The van der Waals surface area contributed by atoms with E-state index in [1.165, 1.54) is 18.9 Å². The summed E-state index contributed by atoms with van der Waals surface area (Å²) in [5.74, 6) is 1.23. The van der Waals surface area contributed by atoms with E-state index in [9.17, 15) is 5.11 Å². The highest BCUT2D eigenvalue weighted by atomic mass is 32.2. The molecule has 0 aliphatic rings. The Morgan fingerprint density at radius 1 is 1.42 bits per heavy atom. The van der Waals surface area contributed by atoms with E-state index >= 15 is 0 Å². The molecular formula is C12H14N4O2S. The SMILES string of the molecule is COc1cc(/C=N\n2c(C)nnc2SC)ccc1O. The minimum absolute atomic E-state index is 0.102. The molecule has 1 N–H and O–H groups in total. The molecule has 0 radical (unpaired) electrons. The van der Waals surface area contributed by atoms with Gasteiger partial charge in [0.15, 0.2) is 17.3 Å². The van der Waals surface area contributed by atoms with Gasteiger partial charge in [0.2, 0.25) is 5.16 Å². The minimum atomic E-state index is 0.102. The van der Waals surface area contributed by atoms with Crippen LogP contribution in [0, 0.1) is 6.92 Å². The lowest BCUT2D eigenvalue weighted by Gasteiger charge is -2.03. The highest BCUT2D eigenvalue weighted by Gasteiger charge is 2.06. The lowest BCUT2D eigenvalue weighted by molar-refractivity contribution is 0.373. The van der Waals surface area contributed by atoms with Gasteiger partial charge in [-0.25, -0.2) is 0 Å². The van der Waals surface area contributed by atoms with E-state index in [1.54, 1.807) is 29.1 Å². The van der Waals surface area contributed by atoms with Crippen molar-refractivity contribution in [2.45, 2.75) is 12.1 Å². The highest BCUT2D eigenvalue weighted by Crippen LogP contribution is 2.25. The van der Waals surface area contributed by atoms with E-state index in [4.69, 9.17) is 4.74 Å². The van der Waals surface area contributed by atoms with Crippen LogP contribution < -0.4 is 4.74 Å². The third-order valence-electron chi connectivity index (χ3n) is 2.48. The molecule has 0 spiro atoms. The van der Waals surface area contributed by atoms with Crippen molar-refractivity contribution < 1.29 is 9.84 Å². The average Bonchev–Trinajstić information content (AvgIpc) is 2.78. The van der Waals surface area contributed by atoms with Gasteiger partial charge in [0.25, 0.3) is 0 Å². The zero-order valence-corrected chi connectivity index (χ0v) is 11.7. The number of hydrogen-bond acceptors (Lipinski definition) is 6. The Balaban J connectivity index is 2.29. The van der Waals surface area contributed by atoms with E-state index in [1.807, 2.05) is 13.2 Å². The number of nitrogens with zero attached hydrogens (tertiary/aromatic N) is 4. The van der Waals surface area contributed by atoms with Crippen molar-refractivity contribution in [2.24, 2.45) is 5.10 Å². The summed E-state index contributed by atoms with van der Waals surface area (Å²) in [6, 6.07) is 5.02. The van der Waals surface area contributed by atoms with Crippen LogP contribution in [0.4, 0.5) is 0 Å². The molecule has 0 amide bonds. The molecule has 0 aliphatic heterocycles. The van der Waals surface area contributed by atoms with Crippen molar-refractivity contribution in [3.05, 3.63) is 29.6 Å². The molecular weight excluding hydrogens is 264 g/mol. The van der Waals surface area contributed by atoms with Crippen LogP contribution in [-0.2, 0) is 0 Å². The van der Waals surface area contributed by atoms with E-state index in [2.05, 4.69) is 15.3 Å². The summed E-state index contributed by atoms with van der Waals surface area (Å²) in [4.78, 5) is 0. The number of phenols is 1. The van der Waals surface area contributed by atoms with Crippen LogP contribution in [0.5, 0.6) is 11.5 Å². The quantitative estimate of drug-likeness (QED) is 0.683. The second-order valence-electron chi connectivity index (χ2n) is 3.72. The van der Waals surface area contributed by atoms with Gasteiger partial charge in [0, 0.05) is 0 Å². The average molecular weight is 278 g/mol. The highest BCUT2D eigenvalue weighted by molar-refractivity contribution is 7.98. The van der Waals surface area contributed by atoms with Gasteiger partial charge in [0.05, 0.1) is 13.3 Å². The molecule has 0 bridgehead atoms. The van der Waals surface area contributed by atoms with Crippen LogP contribution in [0.2, 0.25) is 0 Å². The lowest BCUT2D eigenvalue weighted by atomic mass is 10.2. The molecule has 0 fully saturated rings. The van der Waals surface area contributed by atoms with E-state index < -0.39 is 0 Å². The van der Waals surface area contributed by atoms with Crippen molar-refractivity contribution in [1.82, 2.24) is 14.9 Å². The number of ether oxygens (including phenoxy) is 1. The molecule has 0 atom stereocenters. The Kier molecular flexibility index (Phi) is 4.06. The van der Waals surface area contributed by atoms with Gasteiger partial charge in [0.1, 0.15) is 0 Å². The first-order chi connectivity index (χ1) is 9.15. The zero-order valence-electron chi connectivity index (χ0n) is 10.9. The monoisotopic (exact) mass is 278 g/mol. The van der Waals surface area contributed by atoms with Gasteiger partial charge in [-0.2, -0.15) is 9.78 Å². The number of phenolic OH excluding ortho intramolecular Hbond substituents is 1. The number of aromatic nitrogens is 3. The molecule has 0 saturated carbocycles. The minimum Gasteiger partial charge on any atom is -0.504 e. The molecule has 0 unspecified atom stereocenters. The maximum absolute atomic E-state index is 9.52. The van der Waals surface area contributed by atoms with E-state index in [0.717, 1.165) is 10.7 Å². The number of aryl methyl sites for hydroxylation is 1. The molecule has 6 nitrogen and oxygen atoms in total. The summed E-state index contributed by atoms with van der Waals surface area (Å²) >= 11 is 1.47. The summed E-state index contributed by atoms with van der Waals surface area (Å²) in [7, 11) is 1.51. The van der Waals surface area contributed by atoms with Crippen LogP contribution >= 0.6 is 11.8 Å². The van der Waals surface area contributed by atoms with Crippen LogP contribution in [0.15, 0.2) is 28.5 Å². The van der Waals surface area contributed by atoms with Crippen LogP contribution in [0.3, 0.4) is 0 Å². The van der Waals surface area contributed by atoms with Gasteiger partial charge in [-0.1, -0.05) is 11.8 Å². The maximum Gasteiger partial charge on any atom is 0.211 e. The number of rotatable bonds is 4. The van der Waals surface area contributed by atoms with E-state index in [0.29, 0.717) is 11.6 Å². The third kappa shape index (κ3) is 2.87. The van der Waals surface area contributed by atoms with Gasteiger partial charge in [-0.15, -0.1) is 10.2 Å². The fraction of sp³-hybridized carbons (Fsp3) is 0.250. The summed E-state index contributed by atoms with van der Waals surface area (Å²) in [5.41, 5.74) is 0.815. The van der Waals surface area contributed by atoms with Gasteiger partial charge < -0.3 is 9.84 Å². The summed E-state index contributed by atoms with van der Waals surface area (Å²) in [5, 5.41) is 22.5. The molecule has 1 aromatic heterocycles. The predicted molar refractivity (Wildman–Crippen MR) is 74.2 cm³/mol. The smallest absolute Gasteiger partial charge is 0.211 e. The Labute approximate surface area is 115 Å².